The molecule has 0 unspecified atom stereocenters. The van der Waals surface area contributed by atoms with E-state index in [9.17, 15) is 9.59 Å². The number of para-hydroxylation sites is 1. The highest BCUT2D eigenvalue weighted by Crippen LogP contribution is 2.33. The highest BCUT2D eigenvalue weighted by atomic mass is 32.1. The van der Waals surface area contributed by atoms with Crippen LogP contribution in [0.15, 0.2) is 35.0 Å². The third-order valence-electron chi connectivity index (χ3n) is 3.68. The zero-order valence-corrected chi connectivity index (χ0v) is 13.8. The SMILES string of the molecule is C[C@@H](Cc1ccsc1)NC(=O)c1cccc2c1O[C@H](C)C(=O)N2. The van der Waals surface area contributed by atoms with Gasteiger partial charge in [0.25, 0.3) is 11.8 Å². The number of carbonyl (C=O) groups is 2. The summed E-state index contributed by atoms with van der Waals surface area (Å²) in [5.74, 6) is 0.0219. The molecule has 2 N–H and O–H groups in total. The van der Waals surface area contributed by atoms with Gasteiger partial charge in [0.1, 0.15) is 0 Å². The number of nitrogens with one attached hydrogen (secondary N) is 2. The van der Waals surface area contributed by atoms with Crippen molar-refractivity contribution in [1.82, 2.24) is 5.32 Å². The average molecular weight is 330 g/mol. The molecule has 1 aromatic carbocycles. The van der Waals surface area contributed by atoms with Gasteiger partial charge in [0.15, 0.2) is 11.9 Å². The lowest BCUT2D eigenvalue weighted by Crippen LogP contribution is -2.37. The lowest BCUT2D eigenvalue weighted by atomic mass is 10.1. The van der Waals surface area contributed by atoms with Crippen molar-refractivity contribution < 1.29 is 14.3 Å². The number of ether oxygens (including phenoxy) is 1. The summed E-state index contributed by atoms with van der Waals surface area (Å²) in [6, 6.07) is 7.22. The minimum atomic E-state index is -0.611. The Kier molecular flexibility index (Phi) is 4.34. The van der Waals surface area contributed by atoms with E-state index in [1.165, 1.54) is 5.56 Å². The summed E-state index contributed by atoms with van der Waals surface area (Å²) in [6.07, 6.45) is 0.165. The van der Waals surface area contributed by atoms with Gasteiger partial charge in [-0.2, -0.15) is 11.3 Å². The number of amides is 2. The van der Waals surface area contributed by atoms with Gasteiger partial charge in [0, 0.05) is 6.04 Å². The first-order valence-corrected chi connectivity index (χ1v) is 8.41. The van der Waals surface area contributed by atoms with Crippen molar-refractivity contribution in [3.8, 4) is 5.75 Å². The van der Waals surface area contributed by atoms with Crippen LogP contribution >= 0.6 is 11.3 Å². The quantitative estimate of drug-likeness (QED) is 0.906. The van der Waals surface area contributed by atoms with E-state index in [1.54, 1.807) is 36.5 Å². The predicted molar refractivity (Wildman–Crippen MR) is 90.1 cm³/mol. The summed E-state index contributed by atoms with van der Waals surface area (Å²) >= 11 is 1.64. The second-order valence-electron chi connectivity index (χ2n) is 5.64. The maximum Gasteiger partial charge on any atom is 0.265 e. The fourth-order valence-electron chi connectivity index (χ4n) is 2.52. The van der Waals surface area contributed by atoms with Crippen LogP contribution in [0.1, 0.15) is 29.8 Å². The predicted octanol–water partition coefficient (Wildman–Crippen LogP) is 2.83. The molecule has 2 amide bonds. The van der Waals surface area contributed by atoms with Crippen molar-refractivity contribution in [2.75, 3.05) is 5.32 Å². The fraction of sp³-hybridized carbons (Fsp3) is 0.294. The first-order valence-electron chi connectivity index (χ1n) is 7.47. The van der Waals surface area contributed by atoms with E-state index < -0.39 is 6.10 Å². The molecular formula is C17H18N2O3S. The largest absolute Gasteiger partial charge is 0.478 e. The van der Waals surface area contributed by atoms with E-state index >= 15 is 0 Å². The number of carbonyl (C=O) groups excluding carboxylic acids is 2. The molecule has 23 heavy (non-hydrogen) atoms. The first kappa shape index (κ1) is 15.6. The lowest BCUT2D eigenvalue weighted by molar-refractivity contribution is -0.122. The Morgan fingerprint density at radius 2 is 2.26 bits per heavy atom. The number of rotatable bonds is 4. The Morgan fingerprint density at radius 3 is 3.00 bits per heavy atom. The van der Waals surface area contributed by atoms with Crippen LogP contribution in [-0.4, -0.2) is 24.0 Å². The van der Waals surface area contributed by atoms with Gasteiger partial charge in [-0.05, 0) is 54.8 Å². The Balaban J connectivity index is 1.75. The van der Waals surface area contributed by atoms with E-state index in [4.69, 9.17) is 4.74 Å². The van der Waals surface area contributed by atoms with Gasteiger partial charge < -0.3 is 15.4 Å². The summed E-state index contributed by atoms with van der Waals surface area (Å²) in [4.78, 5) is 24.2. The number of fused-ring (bicyclic) bond motifs is 1. The Hall–Kier alpha value is -2.34. The van der Waals surface area contributed by atoms with Crippen molar-refractivity contribution in [1.29, 1.82) is 0 Å². The van der Waals surface area contributed by atoms with Gasteiger partial charge in [0.05, 0.1) is 11.3 Å². The van der Waals surface area contributed by atoms with Crippen molar-refractivity contribution in [3.05, 3.63) is 46.2 Å². The monoisotopic (exact) mass is 330 g/mol. The maximum absolute atomic E-state index is 12.5. The highest BCUT2D eigenvalue weighted by molar-refractivity contribution is 7.07. The van der Waals surface area contributed by atoms with E-state index in [0.29, 0.717) is 17.0 Å². The molecular weight excluding hydrogens is 312 g/mol. The Bertz CT molecular complexity index is 727. The van der Waals surface area contributed by atoms with Crippen LogP contribution < -0.4 is 15.4 Å². The molecule has 0 saturated carbocycles. The van der Waals surface area contributed by atoms with Gasteiger partial charge in [-0.25, -0.2) is 0 Å². The molecule has 0 spiro atoms. The zero-order valence-electron chi connectivity index (χ0n) is 13.0. The smallest absolute Gasteiger partial charge is 0.265 e. The summed E-state index contributed by atoms with van der Waals surface area (Å²) in [5.41, 5.74) is 2.17. The second-order valence-corrected chi connectivity index (χ2v) is 6.42. The van der Waals surface area contributed by atoms with Crippen LogP contribution in [-0.2, 0) is 11.2 Å². The van der Waals surface area contributed by atoms with E-state index in [-0.39, 0.29) is 17.9 Å². The van der Waals surface area contributed by atoms with Crippen molar-refractivity contribution in [2.45, 2.75) is 32.4 Å². The van der Waals surface area contributed by atoms with Crippen LogP contribution in [0.2, 0.25) is 0 Å². The molecule has 2 aromatic rings. The standard InChI is InChI=1S/C17H18N2O3S/c1-10(8-12-6-7-23-9-12)18-17(21)13-4-3-5-14-15(13)22-11(2)16(20)19-14/h3-7,9-11H,8H2,1-2H3,(H,18,21)(H,19,20)/t10-,11+/m0/s1. The average Bonchev–Trinajstić information content (AvgIpc) is 3.00. The van der Waals surface area contributed by atoms with Crippen molar-refractivity contribution in [3.63, 3.8) is 0 Å². The number of anilines is 1. The molecule has 2 atom stereocenters. The van der Waals surface area contributed by atoms with E-state index in [1.807, 2.05) is 12.3 Å². The molecule has 0 fully saturated rings. The van der Waals surface area contributed by atoms with Crippen molar-refractivity contribution >= 4 is 28.8 Å². The van der Waals surface area contributed by atoms with Gasteiger partial charge in [-0.15, -0.1) is 0 Å². The van der Waals surface area contributed by atoms with Gasteiger partial charge >= 0.3 is 0 Å². The number of hydrogen-bond acceptors (Lipinski definition) is 4. The third-order valence-corrected chi connectivity index (χ3v) is 4.41. The molecule has 2 heterocycles. The molecule has 1 aliphatic heterocycles. The first-order chi connectivity index (χ1) is 11.0. The zero-order chi connectivity index (χ0) is 16.4. The molecule has 1 aromatic heterocycles. The number of thiophene rings is 1. The van der Waals surface area contributed by atoms with E-state index in [0.717, 1.165) is 6.42 Å². The summed E-state index contributed by atoms with van der Waals surface area (Å²) < 4.78 is 5.61. The lowest BCUT2D eigenvalue weighted by Gasteiger charge is -2.25. The molecule has 0 radical (unpaired) electrons. The molecule has 0 bridgehead atoms. The fourth-order valence-corrected chi connectivity index (χ4v) is 3.20. The van der Waals surface area contributed by atoms with Crippen molar-refractivity contribution in [2.24, 2.45) is 0 Å². The summed E-state index contributed by atoms with van der Waals surface area (Å²) in [5, 5.41) is 9.84. The maximum atomic E-state index is 12.5. The topological polar surface area (TPSA) is 67.4 Å². The van der Waals surface area contributed by atoms with Crippen LogP contribution in [0.4, 0.5) is 5.69 Å². The highest BCUT2D eigenvalue weighted by Gasteiger charge is 2.27. The number of benzene rings is 1. The van der Waals surface area contributed by atoms with Gasteiger partial charge in [0.2, 0.25) is 0 Å². The minimum absolute atomic E-state index is 0.00330. The van der Waals surface area contributed by atoms with Gasteiger partial charge in [-0.3, -0.25) is 9.59 Å². The molecule has 0 aliphatic carbocycles. The Morgan fingerprint density at radius 1 is 1.43 bits per heavy atom. The summed E-state index contributed by atoms with van der Waals surface area (Å²) in [6.45, 7) is 3.63. The minimum Gasteiger partial charge on any atom is -0.478 e. The van der Waals surface area contributed by atoms with Crippen LogP contribution in [0, 0.1) is 0 Å². The molecule has 6 heteroatoms. The van der Waals surface area contributed by atoms with Crippen LogP contribution in [0.25, 0.3) is 0 Å². The third kappa shape index (κ3) is 3.37. The summed E-state index contributed by atoms with van der Waals surface area (Å²) in [7, 11) is 0. The van der Waals surface area contributed by atoms with Gasteiger partial charge in [-0.1, -0.05) is 6.07 Å². The molecule has 5 nitrogen and oxygen atoms in total. The van der Waals surface area contributed by atoms with E-state index in [2.05, 4.69) is 22.1 Å². The normalized spacial score (nSPS) is 17.7. The van der Waals surface area contributed by atoms with Crippen LogP contribution in [0.3, 0.4) is 0 Å². The number of hydrogen-bond donors (Lipinski definition) is 2. The molecule has 0 saturated heterocycles. The second kappa shape index (κ2) is 6.42. The molecule has 120 valence electrons. The molecule has 3 rings (SSSR count). The Labute approximate surface area is 138 Å². The van der Waals surface area contributed by atoms with Crippen LogP contribution in [0.5, 0.6) is 5.75 Å². The molecule has 1 aliphatic rings.